The van der Waals surface area contributed by atoms with E-state index in [0.29, 0.717) is 34.8 Å². The van der Waals surface area contributed by atoms with Crippen LogP contribution in [0.4, 0.5) is 5.69 Å². The molecular weight excluding hydrogens is 420 g/mol. The minimum Gasteiger partial charge on any atom is -0.507 e. The molecule has 1 N–H and O–H groups in total. The Morgan fingerprint density at radius 2 is 1.88 bits per heavy atom. The molecule has 2 unspecified atom stereocenters. The molecule has 1 saturated heterocycles. The molecule has 2 aromatic carbocycles. The number of anilines is 1. The molecular formula is C26H20N2O5. The number of rotatable bonds is 3. The van der Waals surface area contributed by atoms with E-state index in [-0.39, 0.29) is 17.4 Å². The number of carbonyl (C=O) groups is 2. The van der Waals surface area contributed by atoms with Crippen molar-refractivity contribution < 1.29 is 23.8 Å². The topological polar surface area (TPSA) is 104 Å². The maximum atomic E-state index is 13.2. The predicted molar refractivity (Wildman–Crippen MR) is 120 cm³/mol. The van der Waals surface area contributed by atoms with Crippen molar-refractivity contribution in [1.29, 1.82) is 5.26 Å². The minimum absolute atomic E-state index is 0.0328. The average molecular weight is 440 g/mol. The number of nitrogens with zero attached hydrogens (tertiary/aromatic N) is 2. The zero-order valence-electron chi connectivity index (χ0n) is 18.0. The number of hydrogen-bond acceptors (Lipinski definition) is 6. The van der Waals surface area contributed by atoms with Gasteiger partial charge in [-0.25, -0.2) is 0 Å². The van der Waals surface area contributed by atoms with Gasteiger partial charge in [0.05, 0.1) is 17.2 Å². The van der Waals surface area contributed by atoms with Gasteiger partial charge >= 0.3 is 0 Å². The molecule has 3 heterocycles. The lowest BCUT2D eigenvalue weighted by atomic mass is 9.97. The number of Topliss-reactive ketones (excluding diaryl/α,β-unsaturated/α-hetero) is 1. The van der Waals surface area contributed by atoms with Crippen molar-refractivity contribution >= 4 is 23.1 Å². The number of ether oxygens (including phenoxy) is 1. The van der Waals surface area contributed by atoms with Gasteiger partial charge in [0.2, 0.25) is 0 Å². The molecule has 0 saturated carbocycles. The SMILES string of the molecule is Cc1ccc(C2/C(=C(/O)c3ccc4c(c3)CC(C)O4)C(=O)C(=O)N2c2ccc(C#N)cc2)o1. The minimum atomic E-state index is -0.949. The molecule has 2 aliphatic heterocycles. The molecule has 5 rings (SSSR count). The van der Waals surface area contributed by atoms with Gasteiger partial charge in [0, 0.05) is 17.7 Å². The maximum Gasteiger partial charge on any atom is 0.300 e. The van der Waals surface area contributed by atoms with E-state index in [1.807, 2.05) is 13.0 Å². The highest BCUT2D eigenvalue weighted by atomic mass is 16.5. The Hall–Kier alpha value is -4.31. The van der Waals surface area contributed by atoms with E-state index >= 15 is 0 Å². The average Bonchev–Trinajstić information content (AvgIpc) is 3.48. The van der Waals surface area contributed by atoms with Crippen LogP contribution in [-0.2, 0) is 16.0 Å². The van der Waals surface area contributed by atoms with Crippen molar-refractivity contribution in [2.24, 2.45) is 0 Å². The van der Waals surface area contributed by atoms with Crippen molar-refractivity contribution in [3.8, 4) is 11.8 Å². The third kappa shape index (κ3) is 3.37. The summed E-state index contributed by atoms with van der Waals surface area (Å²) in [5, 5.41) is 20.3. The monoisotopic (exact) mass is 440 g/mol. The van der Waals surface area contributed by atoms with Crippen LogP contribution in [0, 0.1) is 18.3 Å². The number of carbonyl (C=O) groups excluding carboxylic acids is 2. The fraction of sp³-hybridized carbons (Fsp3) is 0.192. The molecule has 2 atom stereocenters. The van der Waals surface area contributed by atoms with E-state index in [1.165, 1.54) is 4.90 Å². The first kappa shape index (κ1) is 20.6. The molecule has 0 aliphatic carbocycles. The Kier molecular flexibility index (Phi) is 4.79. The molecule has 7 nitrogen and oxygen atoms in total. The van der Waals surface area contributed by atoms with Crippen molar-refractivity contribution in [2.75, 3.05) is 4.90 Å². The summed E-state index contributed by atoms with van der Waals surface area (Å²) in [5.74, 6) is -0.143. The number of ketones is 1. The zero-order chi connectivity index (χ0) is 23.3. The fourth-order valence-electron chi connectivity index (χ4n) is 4.39. The van der Waals surface area contributed by atoms with E-state index in [9.17, 15) is 14.7 Å². The summed E-state index contributed by atoms with van der Waals surface area (Å²) in [7, 11) is 0. The van der Waals surface area contributed by atoms with Crippen LogP contribution in [0.25, 0.3) is 5.76 Å². The number of hydrogen-bond donors (Lipinski definition) is 1. The smallest absolute Gasteiger partial charge is 0.300 e. The van der Waals surface area contributed by atoms with Crippen LogP contribution >= 0.6 is 0 Å². The van der Waals surface area contributed by atoms with Crippen LogP contribution in [0.1, 0.15) is 41.2 Å². The van der Waals surface area contributed by atoms with Crippen LogP contribution in [-0.4, -0.2) is 22.9 Å². The number of benzene rings is 2. The quantitative estimate of drug-likeness (QED) is 0.368. The van der Waals surface area contributed by atoms with Gasteiger partial charge in [0.1, 0.15) is 35.2 Å². The second-order valence-electron chi connectivity index (χ2n) is 8.23. The Labute approximate surface area is 190 Å². The molecule has 164 valence electrons. The number of aliphatic hydroxyl groups excluding tert-OH is 1. The number of amides is 1. The Bertz CT molecular complexity index is 1360. The van der Waals surface area contributed by atoms with Crippen molar-refractivity contribution in [3.05, 3.63) is 88.4 Å². The molecule has 1 aromatic heterocycles. The molecule has 3 aromatic rings. The fourth-order valence-corrected chi connectivity index (χ4v) is 4.39. The standard InChI is InChI=1S/C26H20N2O5/c1-14-3-9-21(32-14)23-22(24(29)17-6-10-20-18(12-17)11-15(2)33-20)25(30)26(31)28(23)19-7-4-16(13-27)5-8-19/h3-10,12,15,23,29H,11H2,1-2H3/b24-22-. The lowest BCUT2D eigenvalue weighted by Crippen LogP contribution is -2.29. The lowest BCUT2D eigenvalue weighted by molar-refractivity contribution is -0.132. The van der Waals surface area contributed by atoms with Crippen LogP contribution < -0.4 is 9.64 Å². The van der Waals surface area contributed by atoms with E-state index in [4.69, 9.17) is 14.4 Å². The number of furan rings is 1. The van der Waals surface area contributed by atoms with Gasteiger partial charge in [-0.2, -0.15) is 5.26 Å². The first-order valence-electron chi connectivity index (χ1n) is 10.5. The van der Waals surface area contributed by atoms with Gasteiger partial charge in [-0.05, 0) is 74.0 Å². The van der Waals surface area contributed by atoms with Crippen molar-refractivity contribution in [3.63, 3.8) is 0 Å². The molecule has 0 bridgehead atoms. The Morgan fingerprint density at radius 3 is 2.55 bits per heavy atom. The molecule has 0 radical (unpaired) electrons. The molecule has 1 fully saturated rings. The Morgan fingerprint density at radius 1 is 1.12 bits per heavy atom. The number of aryl methyl sites for hydroxylation is 1. The highest BCUT2D eigenvalue weighted by Crippen LogP contribution is 2.43. The van der Waals surface area contributed by atoms with Gasteiger partial charge in [0.15, 0.2) is 0 Å². The molecule has 2 aliphatic rings. The third-order valence-electron chi connectivity index (χ3n) is 5.92. The summed E-state index contributed by atoms with van der Waals surface area (Å²) in [5.41, 5.74) is 2.15. The molecule has 33 heavy (non-hydrogen) atoms. The van der Waals surface area contributed by atoms with E-state index in [1.54, 1.807) is 61.5 Å². The normalized spacial score (nSPS) is 21.1. The molecule has 7 heteroatoms. The van der Waals surface area contributed by atoms with Gasteiger partial charge in [-0.3, -0.25) is 14.5 Å². The van der Waals surface area contributed by atoms with Gasteiger partial charge in [-0.1, -0.05) is 0 Å². The summed E-state index contributed by atoms with van der Waals surface area (Å²) in [6.07, 6.45) is 0.724. The van der Waals surface area contributed by atoms with E-state index < -0.39 is 17.7 Å². The van der Waals surface area contributed by atoms with Crippen molar-refractivity contribution in [2.45, 2.75) is 32.4 Å². The van der Waals surface area contributed by atoms with Crippen LogP contribution in [0.15, 0.2) is 64.6 Å². The second-order valence-corrected chi connectivity index (χ2v) is 8.23. The summed E-state index contributed by atoms with van der Waals surface area (Å²) in [6.45, 7) is 3.72. The predicted octanol–water partition coefficient (Wildman–Crippen LogP) is 4.41. The van der Waals surface area contributed by atoms with E-state index in [0.717, 1.165) is 11.3 Å². The first-order valence-corrected chi connectivity index (χ1v) is 10.5. The van der Waals surface area contributed by atoms with Crippen molar-refractivity contribution in [1.82, 2.24) is 0 Å². The van der Waals surface area contributed by atoms with Crippen LogP contribution in [0.2, 0.25) is 0 Å². The van der Waals surface area contributed by atoms with Gasteiger partial charge < -0.3 is 14.3 Å². The second kappa shape index (κ2) is 7.68. The highest BCUT2D eigenvalue weighted by molar-refractivity contribution is 6.51. The first-order chi connectivity index (χ1) is 15.9. The summed E-state index contributed by atoms with van der Waals surface area (Å²) < 4.78 is 11.5. The van der Waals surface area contributed by atoms with Crippen LogP contribution in [0.5, 0.6) is 5.75 Å². The summed E-state index contributed by atoms with van der Waals surface area (Å²) >= 11 is 0. The highest BCUT2D eigenvalue weighted by Gasteiger charge is 2.48. The van der Waals surface area contributed by atoms with Gasteiger partial charge in [0.25, 0.3) is 11.7 Å². The Balaban J connectivity index is 1.67. The third-order valence-corrected chi connectivity index (χ3v) is 5.92. The maximum absolute atomic E-state index is 13.2. The number of aliphatic hydroxyl groups is 1. The number of fused-ring (bicyclic) bond motifs is 1. The summed E-state index contributed by atoms with van der Waals surface area (Å²) in [6, 6.07) is 16.1. The summed E-state index contributed by atoms with van der Waals surface area (Å²) in [4.78, 5) is 27.6. The number of nitriles is 1. The van der Waals surface area contributed by atoms with Gasteiger partial charge in [-0.15, -0.1) is 0 Å². The molecule has 1 amide bonds. The largest absolute Gasteiger partial charge is 0.507 e. The lowest BCUT2D eigenvalue weighted by Gasteiger charge is -2.23. The zero-order valence-corrected chi connectivity index (χ0v) is 18.0. The molecule has 0 spiro atoms. The van der Waals surface area contributed by atoms with Crippen LogP contribution in [0.3, 0.4) is 0 Å². The van der Waals surface area contributed by atoms with E-state index in [2.05, 4.69) is 0 Å².